The lowest BCUT2D eigenvalue weighted by molar-refractivity contribution is 0.340. The molecular formula is C15H15BrClNO. The van der Waals surface area contributed by atoms with Crippen LogP contribution in [0.4, 0.5) is 11.4 Å². The minimum absolute atomic E-state index is 0.673. The van der Waals surface area contributed by atoms with Gasteiger partial charge in [0.1, 0.15) is 5.75 Å². The van der Waals surface area contributed by atoms with Crippen LogP contribution in [0.25, 0.3) is 0 Å². The number of hydrogen-bond donors (Lipinski definition) is 0. The Labute approximate surface area is 127 Å². The molecule has 0 spiro atoms. The average molecular weight is 341 g/mol. The summed E-state index contributed by atoms with van der Waals surface area (Å²) in [5, 5.41) is 0.722. The molecule has 0 radical (unpaired) electrons. The number of nitrogens with zero attached hydrogens (tertiary/aromatic N) is 1. The van der Waals surface area contributed by atoms with Crippen LogP contribution in [-0.4, -0.2) is 13.7 Å². The molecular weight excluding hydrogens is 326 g/mol. The van der Waals surface area contributed by atoms with Crippen molar-refractivity contribution in [3.63, 3.8) is 0 Å². The van der Waals surface area contributed by atoms with Crippen LogP contribution in [0, 0.1) is 0 Å². The summed E-state index contributed by atoms with van der Waals surface area (Å²) in [7, 11) is 1.99. The van der Waals surface area contributed by atoms with Crippen LogP contribution in [0.1, 0.15) is 6.92 Å². The van der Waals surface area contributed by atoms with Gasteiger partial charge >= 0.3 is 0 Å². The first-order chi connectivity index (χ1) is 9.11. The first kappa shape index (κ1) is 14.2. The maximum atomic E-state index is 6.23. The number of hydrogen-bond acceptors (Lipinski definition) is 2. The first-order valence-electron chi connectivity index (χ1n) is 6.03. The summed E-state index contributed by atoms with van der Waals surface area (Å²) >= 11 is 9.70. The Morgan fingerprint density at radius 1 is 1.16 bits per heavy atom. The summed E-state index contributed by atoms with van der Waals surface area (Å²) in [4.78, 5) is 2.04. The molecule has 0 N–H and O–H groups in total. The molecule has 0 aliphatic heterocycles. The zero-order chi connectivity index (χ0) is 13.8. The SMILES string of the molecule is CCOc1ccc(N(C)c2cc(Br)ccc2Cl)cc1. The van der Waals surface area contributed by atoms with Gasteiger partial charge in [0.15, 0.2) is 0 Å². The highest BCUT2D eigenvalue weighted by atomic mass is 79.9. The van der Waals surface area contributed by atoms with Gasteiger partial charge < -0.3 is 9.64 Å². The topological polar surface area (TPSA) is 12.5 Å². The van der Waals surface area contributed by atoms with Gasteiger partial charge in [0.25, 0.3) is 0 Å². The Morgan fingerprint density at radius 2 is 1.84 bits per heavy atom. The van der Waals surface area contributed by atoms with E-state index in [0.29, 0.717) is 6.61 Å². The number of halogens is 2. The van der Waals surface area contributed by atoms with E-state index in [-0.39, 0.29) is 0 Å². The van der Waals surface area contributed by atoms with Crippen LogP contribution >= 0.6 is 27.5 Å². The van der Waals surface area contributed by atoms with E-state index < -0.39 is 0 Å². The van der Waals surface area contributed by atoms with Crippen molar-refractivity contribution in [3.8, 4) is 5.75 Å². The molecule has 0 bridgehead atoms. The summed E-state index contributed by atoms with van der Waals surface area (Å²) in [5.41, 5.74) is 2.02. The lowest BCUT2D eigenvalue weighted by Crippen LogP contribution is -2.09. The van der Waals surface area contributed by atoms with Crippen LogP contribution in [0.2, 0.25) is 5.02 Å². The van der Waals surface area contributed by atoms with Crippen LogP contribution in [-0.2, 0) is 0 Å². The minimum atomic E-state index is 0.673. The average Bonchev–Trinajstić information content (AvgIpc) is 2.42. The number of benzene rings is 2. The van der Waals surface area contributed by atoms with E-state index >= 15 is 0 Å². The monoisotopic (exact) mass is 339 g/mol. The molecule has 2 aromatic rings. The summed E-state index contributed by atoms with van der Waals surface area (Å²) in [6.07, 6.45) is 0. The molecule has 0 amide bonds. The van der Waals surface area contributed by atoms with E-state index in [2.05, 4.69) is 15.9 Å². The van der Waals surface area contributed by atoms with Crippen molar-refractivity contribution < 1.29 is 4.74 Å². The van der Waals surface area contributed by atoms with E-state index in [9.17, 15) is 0 Å². The Bertz CT molecular complexity index is 557. The summed E-state index contributed by atoms with van der Waals surface area (Å²) in [5.74, 6) is 0.875. The van der Waals surface area contributed by atoms with Gasteiger partial charge in [-0.2, -0.15) is 0 Å². The fourth-order valence-electron chi connectivity index (χ4n) is 1.81. The molecule has 0 fully saturated rings. The molecule has 4 heteroatoms. The zero-order valence-corrected chi connectivity index (χ0v) is 13.2. The van der Waals surface area contributed by atoms with E-state index in [1.54, 1.807) is 0 Å². The molecule has 100 valence electrons. The summed E-state index contributed by atoms with van der Waals surface area (Å²) < 4.78 is 6.44. The van der Waals surface area contributed by atoms with Crippen molar-refractivity contribution in [1.82, 2.24) is 0 Å². The second-order valence-corrected chi connectivity index (χ2v) is 5.40. The minimum Gasteiger partial charge on any atom is -0.494 e. The molecule has 0 aliphatic rings. The second kappa shape index (κ2) is 6.31. The molecule has 0 aromatic heterocycles. The molecule has 0 heterocycles. The Balaban J connectivity index is 2.27. The summed E-state index contributed by atoms with van der Waals surface area (Å²) in [6, 6.07) is 13.8. The van der Waals surface area contributed by atoms with Gasteiger partial charge in [-0.05, 0) is 49.4 Å². The third-order valence-electron chi connectivity index (χ3n) is 2.80. The molecule has 19 heavy (non-hydrogen) atoms. The van der Waals surface area contributed by atoms with Crippen LogP contribution in [0.3, 0.4) is 0 Å². The maximum absolute atomic E-state index is 6.23. The maximum Gasteiger partial charge on any atom is 0.119 e. The van der Waals surface area contributed by atoms with Crippen molar-refractivity contribution in [2.24, 2.45) is 0 Å². The molecule has 2 rings (SSSR count). The van der Waals surface area contributed by atoms with Gasteiger partial charge in [0.2, 0.25) is 0 Å². The molecule has 2 aromatic carbocycles. The highest BCUT2D eigenvalue weighted by molar-refractivity contribution is 9.10. The van der Waals surface area contributed by atoms with Crippen molar-refractivity contribution in [3.05, 3.63) is 52.0 Å². The van der Waals surface area contributed by atoms with Gasteiger partial charge in [-0.25, -0.2) is 0 Å². The molecule has 0 aliphatic carbocycles. The zero-order valence-electron chi connectivity index (χ0n) is 10.9. The predicted molar refractivity (Wildman–Crippen MR) is 84.8 cm³/mol. The van der Waals surface area contributed by atoms with Crippen LogP contribution in [0.5, 0.6) is 5.75 Å². The predicted octanol–water partition coefficient (Wildman–Crippen LogP) is 5.27. The van der Waals surface area contributed by atoms with Crippen molar-refractivity contribution >= 4 is 38.9 Å². The standard InChI is InChI=1S/C15H15BrClNO/c1-3-19-13-7-5-12(6-8-13)18(2)15-10-11(16)4-9-14(15)17/h4-10H,3H2,1-2H3. The smallest absolute Gasteiger partial charge is 0.119 e. The third-order valence-corrected chi connectivity index (χ3v) is 3.62. The molecule has 0 saturated carbocycles. The molecule has 0 unspecified atom stereocenters. The van der Waals surface area contributed by atoms with E-state index in [1.165, 1.54) is 0 Å². The first-order valence-corrected chi connectivity index (χ1v) is 7.20. The number of ether oxygens (including phenoxy) is 1. The largest absolute Gasteiger partial charge is 0.494 e. The van der Waals surface area contributed by atoms with Gasteiger partial charge in [-0.1, -0.05) is 27.5 Å². The van der Waals surface area contributed by atoms with Crippen LogP contribution in [0.15, 0.2) is 46.9 Å². The Hall–Kier alpha value is -1.19. The lowest BCUT2D eigenvalue weighted by atomic mass is 10.2. The van der Waals surface area contributed by atoms with Crippen molar-refractivity contribution in [2.75, 3.05) is 18.6 Å². The highest BCUT2D eigenvalue weighted by Gasteiger charge is 2.09. The molecule has 0 atom stereocenters. The lowest BCUT2D eigenvalue weighted by Gasteiger charge is -2.21. The molecule has 2 nitrogen and oxygen atoms in total. The van der Waals surface area contributed by atoms with Gasteiger partial charge in [-0.15, -0.1) is 0 Å². The summed E-state index contributed by atoms with van der Waals surface area (Å²) in [6.45, 7) is 2.65. The van der Waals surface area contributed by atoms with Crippen molar-refractivity contribution in [2.45, 2.75) is 6.92 Å². The van der Waals surface area contributed by atoms with E-state index in [1.807, 2.05) is 61.3 Å². The van der Waals surface area contributed by atoms with Crippen LogP contribution < -0.4 is 9.64 Å². The fourth-order valence-corrected chi connectivity index (χ4v) is 2.41. The Morgan fingerprint density at radius 3 is 2.47 bits per heavy atom. The number of rotatable bonds is 4. The number of anilines is 2. The van der Waals surface area contributed by atoms with E-state index in [4.69, 9.17) is 16.3 Å². The fraction of sp³-hybridized carbons (Fsp3) is 0.200. The van der Waals surface area contributed by atoms with Gasteiger partial charge in [-0.3, -0.25) is 0 Å². The quantitative estimate of drug-likeness (QED) is 0.752. The third kappa shape index (κ3) is 3.43. The van der Waals surface area contributed by atoms with Crippen molar-refractivity contribution in [1.29, 1.82) is 0 Å². The highest BCUT2D eigenvalue weighted by Crippen LogP contribution is 2.33. The Kier molecular flexibility index (Phi) is 4.72. The normalized spacial score (nSPS) is 10.3. The van der Waals surface area contributed by atoms with E-state index in [0.717, 1.165) is 26.6 Å². The van der Waals surface area contributed by atoms with Gasteiger partial charge in [0, 0.05) is 17.2 Å². The molecule has 0 saturated heterocycles. The van der Waals surface area contributed by atoms with Gasteiger partial charge in [0.05, 0.1) is 17.3 Å². The second-order valence-electron chi connectivity index (χ2n) is 4.08.